The fourth-order valence-corrected chi connectivity index (χ4v) is 3.98. The molecule has 0 saturated carbocycles. The number of primary sulfonamides is 1. The number of aromatic amines is 1. The van der Waals surface area contributed by atoms with Crippen molar-refractivity contribution in [2.45, 2.75) is 17.9 Å². The zero-order valence-corrected chi connectivity index (χ0v) is 19.6. The normalized spacial score (nSPS) is 12.2. The van der Waals surface area contributed by atoms with E-state index >= 15 is 0 Å². The van der Waals surface area contributed by atoms with Crippen molar-refractivity contribution >= 4 is 27.6 Å². The van der Waals surface area contributed by atoms with Crippen LogP contribution in [0.5, 0.6) is 0 Å². The maximum absolute atomic E-state index is 12.8. The van der Waals surface area contributed by atoms with Gasteiger partial charge in [-0.1, -0.05) is 30.3 Å². The molecule has 0 radical (unpaired) electrons. The van der Waals surface area contributed by atoms with Crippen molar-refractivity contribution in [1.82, 2.24) is 20.3 Å². The predicted octanol–water partition coefficient (Wildman–Crippen LogP) is 2.63. The van der Waals surface area contributed by atoms with Gasteiger partial charge in [-0.2, -0.15) is 0 Å². The molecule has 0 fully saturated rings. The molecule has 0 bridgehead atoms. The SMILES string of the molecule is Cc1cnc(Nc2ccc(S(N)(=O)=O)cc2)nc1-c1c[nH]c(C(=O)NC(CO)c2ccccc2)c1. The number of carbonyl (C=O) groups excluding carboxylic acids is 1. The van der Waals surface area contributed by atoms with Crippen molar-refractivity contribution in [1.29, 1.82) is 0 Å². The molecule has 4 aromatic rings. The third kappa shape index (κ3) is 5.72. The molecule has 35 heavy (non-hydrogen) atoms. The molecule has 1 atom stereocenters. The van der Waals surface area contributed by atoms with E-state index in [9.17, 15) is 18.3 Å². The second-order valence-electron chi connectivity index (χ2n) is 7.84. The highest BCUT2D eigenvalue weighted by molar-refractivity contribution is 7.89. The molecule has 1 amide bonds. The molecule has 0 aliphatic carbocycles. The number of nitrogens with two attached hydrogens (primary N) is 1. The number of amides is 1. The highest BCUT2D eigenvalue weighted by atomic mass is 32.2. The fraction of sp³-hybridized carbons (Fsp3) is 0.125. The van der Waals surface area contributed by atoms with Crippen LogP contribution in [0.1, 0.15) is 27.7 Å². The quantitative estimate of drug-likeness (QED) is 0.252. The van der Waals surface area contributed by atoms with Crippen LogP contribution in [-0.2, 0) is 10.0 Å². The number of benzene rings is 2. The first-order valence-corrected chi connectivity index (χ1v) is 12.2. The van der Waals surface area contributed by atoms with Crippen LogP contribution in [0.2, 0.25) is 0 Å². The average Bonchev–Trinajstić information content (AvgIpc) is 3.34. The summed E-state index contributed by atoms with van der Waals surface area (Å²) in [6.07, 6.45) is 3.32. The van der Waals surface area contributed by atoms with Gasteiger partial charge in [0.25, 0.3) is 5.91 Å². The van der Waals surface area contributed by atoms with Gasteiger partial charge in [0.1, 0.15) is 5.69 Å². The minimum Gasteiger partial charge on any atom is -0.394 e. The van der Waals surface area contributed by atoms with Gasteiger partial charge in [-0.3, -0.25) is 4.79 Å². The first kappa shape index (κ1) is 24.1. The van der Waals surface area contributed by atoms with E-state index in [0.29, 0.717) is 28.6 Å². The Bertz CT molecular complexity index is 1440. The van der Waals surface area contributed by atoms with Crippen LogP contribution in [0, 0.1) is 6.92 Å². The van der Waals surface area contributed by atoms with Crippen molar-refractivity contribution in [3.63, 3.8) is 0 Å². The molecule has 0 aliphatic rings. The van der Waals surface area contributed by atoms with Gasteiger partial charge >= 0.3 is 0 Å². The molecule has 4 rings (SSSR count). The number of hydrogen-bond donors (Lipinski definition) is 5. The molecule has 2 aromatic carbocycles. The number of aliphatic hydroxyl groups excluding tert-OH is 1. The van der Waals surface area contributed by atoms with Gasteiger partial charge in [0.2, 0.25) is 16.0 Å². The van der Waals surface area contributed by atoms with E-state index in [1.807, 2.05) is 37.3 Å². The van der Waals surface area contributed by atoms with Gasteiger partial charge < -0.3 is 20.7 Å². The first-order valence-electron chi connectivity index (χ1n) is 10.6. The van der Waals surface area contributed by atoms with Crippen LogP contribution in [-0.4, -0.2) is 41.0 Å². The molecule has 1 unspecified atom stereocenters. The number of aliphatic hydroxyl groups is 1. The zero-order chi connectivity index (χ0) is 25.0. The fourth-order valence-electron chi connectivity index (χ4n) is 3.47. The summed E-state index contributed by atoms with van der Waals surface area (Å²) in [6, 6.07) is 16.3. The minimum absolute atomic E-state index is 0.00222. The molecule has 11 heteroatoms. The molecule has 2 heterocycles. The standard InChI is InChI=1S/C24H24N6O4S/c1-15-12-27-24(28-18-7-9-19(10-8-18)35(25,33)34)30-22(15)17-11-20(26-13-17)23(32)29-21(14-31)16-5-3-2-4-6-16/h2-13,21,26,31H,14H2,1H3,(H,29,32)(H2,25,33,34)(H,27,28,30). The molecule has 180 valence electrons. The van der Waals surface area contributed by atoms with E-state index < -0.39 is 16.1 Å². The van der Waals surface area contributed by atoms with E-state index in [4.69, 9.17) is 5.14 Å². The summed E-state index contributed by atoms with van der Waals surface area (Å²) in [5, 5.41) is 20.7. The van der Waals surface area contributed by atoms with E-state index in [0.717, 1.165) is 11.1 Å². The largest absolute Gasteiger partial charge is 0.394 e. The van der Waals surface area contributed by atoms with Gasteiger partial charge in [0.05, 0.1) is 23.2 Å². The van der Waals surface area contributed by atoms with Crippen molar-refractivity contribution < 1.29 is 18.3 Å². The molecular weight excluding hydrogens is 468 g/mol. The monoisotopic (exact) mass is 492 g/mol. The van der Waals surface area contributed by atoms with E-state index in [1.54, 1.807) is 30.6 Å². The average molecular weight is 493 g/mol. The van der Waals surface area contributed by atoms with E-state index in [-0.39, 0.29) is 17.4 Å². The lowest BCUT2D eigenvalue weighted by Crippen LogP contribution is -2.30. The maximum atomic E-state index is 12.8. The number of H-pyrrole nitrogens is 1. The highest BCUT2D eigenvalue weighted by Crippen LogP contribution is 2.25. The number of rotatable bonds is 8. The smallest absolute Gasteiger partial charge is 0.268 e. The Kier molecular flexibility index (Phi) is 6.92. The number of hydrogen-bond acceptors (Lipinski definition) is 7. The van der Waals surface area contributed by atoms with Crippen molar-refractivity contribution in [3.8, 4) is 11.3 Å². The van der Waals surface area contributed by atoms with E-state index in [1.165, 1.54) is 12.1 Å². The number of anilines is 2. The summed E-state index contributed by atoms with van der Waals surface area (Å²) in [5.41, 5.74) is 3.79. The van der Waals surface area contributed by atoms with Crippen LogP contribution >= 0.6 is 0 Å². The third-order valence-corrected chi connectivity index (χ3v) is 6.23. The van der Waals surface area contributed by atoms with Crippen molar-refractivity contribution in [3.05, 3.63) is 89.9 Å². The number of nitrogens with zero attached hydrogens (tertiary/aromatic N) is 2. The van der Waals surface area contributed by atoms with Crippen LogP contribution < -0.4 is 15.8 Å². The number of aromatic nitrogens is 3. The third-order valence-electron chi connectivity index (χ3n) is 5.30. The lowest BCUT2D eigenvalue weighted by atomic mass is 10.1. The lowest BCUT2D eigenvalue weighted by Gasteiger charge is -2.16. The van der Waals surface area contributed by atoms with Gasteiger partial charge in [-0.05, 0) is 48.4 Å². The highest BCUT2D eigenvalue weighted by Gasteiger charge is 2.17. The molecule has 0 aliphatic heterocycles. The Hall–Kier alpha value is -4.06. The Morgan fingerprint density at radius 3 is 2.51 bits per heavy atom. The summed E-state index contributed by atoms with van der Waals surface area (Å²) in [7, 11) is -3.78. The van der Waals surface area contributed by atoms with Crippen molar-refractivity contribution in [2.24, 2.45) is 5.14 Å². The van der Waals surface area contributed by atoms with Gasteiger partial charge in [0, 0.05) is 23.6 Å². The second-order valence-corrected chi connectivity index (χ2v) is 9.40. The zero-order valence-electron chi connectivity index (χ0n) is 18.8. The molecule has 6 N–H and O–H groups in total. The maximum Gasteiger partial charge on any atom is 0.268 e. The number of sulfonamides is 1. The van der Waals surface area contributed by atoms with Crippen LogP contribution in [0.15, 0.2) is 78.0 Å². The minimum atomic E-state index is -3.78. The topological polar surface area (TPSA) is 163 Å². The molecule has 2 aromatic heterocycles. The summed E-state index contributed by atoms with van der Waals surface area (Å²) in [5.74, 6) is -0.0651. The summed E-state index contributed by atoms with van der Waals surface area (Å²) in [6.45, 7) is 1.62. The second kappa shape index (κ2) is 10.1. The summed E-state index contributed by atoms with van der Waals surface area (Å²) >= 11 is 0. The number of carbonyl (C=O) groups is 1. The van der Waals surface area contributed by atoms with Crippen LogP contribution in [0.3, 0.4) is 0 Å². The Morgan fingerprint density at radius 2 is 1.86 bits per heavy atom. The molecule has 0 spiro atoms. The molecular formula is C24H24N6O4S. The molecule has 10 nitrogen and oxygen atoms in total. The van der Waals surface area contributed by atoms with Gasteiger partial charge in [-0.15, -0.1) is 0 Å². The predicted molar refractivity (Wildman–Crippen MR) is 131 cm³/mol. The lowest BCUT2D eigenvalue weighted by molar-refractivity contribution is 0.0911. The van der Waals surface area contributed by atoms with E-state index in [2.05, 4.69) is 25.6 Å². The summed E-state index contributed by atoms with van der Waals surface area (Å²) in [4.78, 5) is 24.6. The van der Waals surface area contributed by atoms with Gasteiger partial charge in [0.15, 0.2) is 0 Å². The van der Waals surface area contributed by atoms with Crippen LogP contribution in [0.25, 0.3) is 11.3 Å². The number of aryl methyl sites for hydroxylation is 1. The summed E-state index contributed by atoms with van der Waals surface area (Å²) < 4.78 is 22.9. The van der Waals surface area contributed by atoms with Crippen LogP contribution in [0.4, 0.5) is 11.6 Å². The molecule has 0 saturated heterocycles. The van der Waals surface area contributed by atoms with Gasteiger partial charge in [-0.25, -0.2) is 23.5 Å². The number of nitrogens with one attached hydrogen (secondary N) is 3. The van der Waals surface area contributed by atoms with Crippen molar-refractivity contribution in [2.75, 3.05) is 11.9 Å². The Morgan fingerprint density at radius 1 is 1.14 bits per heavy atom. The Balaban J connectivity index is 1.51. The Labute approximate surface area is 202 Å². The first-order chi connectivity index (χ1) is 16.7.